The van der Waals surface area contributed by atoms with Gasteiger partial charge in [-0.1, -0.05) is 30.3 Å². The third kappa shape index (κ3) is 3.00. The van der Waals surface area contributed by atoms with Crippen molar-refractivity contribution in [3.63, 3.8) is 0 Å². The predicted octanol–water partition coefficient (Wildman–Crippen LogP) is 5.31. The Hall–Kier alpha value is -2.66. The van der Waals surface area contributed by atoms with Crippen LogP contribution in [0.2, 0.25) is 0 Å². The van der Waals surface area contributed by atoms with Crippen LogP contribution < -0.4 is 0 Å². The van der Waals surface area contributed by atoms with E-state index in [1.54, 1.807) is 11.3 Å². The molecule has 5 rings (SSSR count). The van der Waals surface area contributed by atoms with Gasteiger partial charge in [0.25, 0.3) is 0 Å². The molecule has 1 atom stereocenters. The number of benzene rings is 2. The monoisotopic (exact) mass is 389 g/mol. The number of aromatic nitrogens is 2. The highest BCUT2D eigenvalue weighted by atomic mass is 32.1. The zero-order valence-electron chi connectivity index (χ0n) is 16.0. The molecule has 0 saturated carbocycles. The summed E-state index contributed by atoms with van der Waals surface area (Å²) in [6.07, 6.45) is 3.21. The summed E-state index contributed by atoms with van der Waals surface area (Å²) in [4.78, 5) is 20.3. The molecule has 5 heteroatoms. The molecule has 2 aromatic heterocycles. The molecule has 0 aliphatic carbocycles. The zero-order chi connectivity index (χ0) is 19.1. The van der Waals surface area contributed by atoms with Gasteiger partial charge in [-0.2, -0.15) is 0 Å². The summed E-state index contributed by atoms with van der Waals surface area (Å²) in [5, 5.41) is 2.26. The average molecular weight is 390 g/mol. The summed E-state index contributed by atoms with van der Waals surface area (Å²) in [6, 6.07) is 18.8. The van der Waals surface area contributed by atoms with Crippen molar-refractivity contribution in [2.45, 2.75) is 38.8 Å². The summed E-state index contributed by atoms with van der Waals surface area (Å²) >= 11 is 1.73. The molecule has 1 saturated heterocycles. The van der Waals surface area contributed by atoms with Gasteiger partial charge in [0, 0.05) is 17.8 Å². The lowest BCUT2D eigenvalue weighted by atomic mass is 10.0. The van der Waals surface area contributed by atoms with Gasteiger partial charge in [-0.3, -0.25) is 4.79 Å². The molecule has 28 heavy (non-hydrogen) atoms. The number of piperidine rings is 1. The van der Waals surface area contributed by atoms with Crippen LogP contribution in [0.5, 0.6) is 0 Å². The molecule has 0 radical (unpaired) electrons. The van der Waals surface area contributed by atoms with Crippen molar-refractivity contribution in [2.75, 3.05) is 6.54 Å². The second kappa shape index (κ2) is 7.06. The zero-order valence-corrected chi connectivity index (χ0v) is 16.8. The molecule has 1 aliphatic rings. The normalized spacial score (nSPS) is 17.5. The van der Waals surface area contributed by atoms with Crippen LogP contribution in [0.3, 0.4) is 0 Å². The first-order valence-corrected chi connectivity index (χ1v) is 10.7. The minimum absolute atomic E-state index is 0.0979. The second-order valence-electron chi connectivity index (χ2n) is 7.55. The van der Waals surface area contributed by atoms with Gasteiger partial charge >= 0.3 is 0 Å². The fourth-order valence-electron chi connectivity index (χ4n) is 4.30. The highest BCUT2D eigenvalue weighted by molar-refractivity contribution is 7.18. The van der Waals surface area contributed by atoms with Crippen LogP contribution in [0, 0.1) is 6.92 Å². The smallest absolute Gasteiger partial charge is 0.243 e. The van der Waals surface area contributed by atoms with Crippen molar-refractivity contribution in [2.24, 2.45) is 0 Å². The molecule has 4 nitrogen and oxygen atoms in total. The van der Waals surface area contributed by atoms with Crippen molar-refractivity contribution < 1.29 is 4.79 Å². The van der Waals surface area contributed by atoms with Crippen LogP contribution >= 0.6 is 11.3 Å². The first-order chi connectivity index (χ1) is 13.7. The Bertz CT molecular complexity index is 1130. The largest absolute Gasteiger partial charge is 0.335 e. The van der Waals surface area contributed by atoms with Crippen LogP contribution in [0.4, 0.5) is 0 Å². The topological polar surface area (TPSA) is 38.1 Å². The van der Waals surface area contributed by atoms with Crippen LogP contribution in [-0.2, 0) is 11.3 Å². The van der Waals surface area contributed by atoms with E-state index < -0.39 is 0 Å². The van der Waals surface area contributed by atoms with E-state index in [0.717, 1.165) is 47.5 Å². The van der Waals surface area contributed by atoms with Crippen molar-refractivity contribution in [1.29, 1.82) is 0 Å². The van der Waals surface area contributed by atoms with Crippen molar-refractivity contribution >= 4 is 38.4 Å². The highest BCUT2D eigenvalue weighted by Crippen LogP contribution is 2.36. The fourth-order valence-corrected chi connectivity index (χ4v) is 5.42. The summed E-state index contributed by atoms with van der Waals surface area (Å²) in [6.45, 7) is 3.28. The maximum Gasteiger partial charge on any atom is 0.243 e. The molecule has 3 heterocycles. The van der Waals surface area contributed by atoms with E-state index in [4.69, 9.17) is 4.98 Å². The van der Waals surface area contributed by atoms with Gasteiger partial charge in [0.1, 0.15) is 11.6 Å². The molecule has 142 valence electrons. The maximum absolute atomic E-state index is 13.3. The molecular formula is C23H23N3OS. The minimum Gasteiger partial charge on any atom is -0.335 e. The number of likely N-dealkylation sites (tertiary alicyclic amines) is 1. The quantitative estimate of drug-likeness (QED) is 0.476. The number of nitrogens with zero attached hydrogens (tertiary/aromatic N) is 3. The van der Waals surface area contributed by atoms with Crippen LogP contribution in [-0.4, -0.2) is 26.9 Å². The number of aryl methyl sites for hydroxylation is 1. The summed E-state index contributed by atoms with van der Waals surface area (Å²) < 4.78 is 3.34. The molecule has 2 aromatic carbocycles. The van der Waals surface area contributed by atoms with E-state index in [0.29, 0.717) is 6.54 Å². The summed E-state index contributed by atoms with van der Waals surface area (Å²) in [7, 11) is 0. The molecule has 0 N–H and O–H groups in total. The molecular weight excluding hydrogens is 366 g/mol. The summed E-state index contributed by atoms with van der Waals surface area (Å²) in [5.41, 5.74) is 3.29. The molecule has 0 bridgehead atoms. The van der Waals surface area contributed by atoms with Crippen LogP contribution in [0.1, 0.15) is 36.0 Å². The molecule has 1 fully saturated rings. The number of hydrogen-bond acceptors (Lipinski definition) is 3. The predicted molar refractivity (Wildman–Crippen MR) is 115 cm³/mol. The maximum atomic E-state index is 13.3. The number of carbonyl (C=O) groups excluding carboxylic acids is 1. The fraction of sp³-hybridized carbons (Fsp3) is 0.304. The van der Waals surface area contributed by atoms with E-state index in [9.17, 15) is 4.79 Å². The minimum atomic E-state index is 0.0979. The lowest BCUT2D eigenvalue weighted by Gasteiger charge is -2.35. The van der Waals surface area contributed by atoms with E-state index in [1.165, 1.54) is 10.1 Å². The number of hydrogen-bond donors (Lipinski definition) is 0. The SMILES string of the molecule is Cc1cc2ccccc2n1CC(=O)N1CCCC[C@H]1c1nc2ccccc2s1. The van der Waals surface area contributed by atoms with Gasteiger partial charge in [-0.25, -0.2) is 4.98 Å². The number of fused-ring (bicyclic) bond motifs is 2. The van der Waals surface area contributed by atoms with Crippen LogP contribution in [0.25, 0.3) is 21.1 Å². The number of carbonyl (C=O) groups is 1. The van der Waals surface area contributed by atoms with Crippen molar-refractivity contribution in [1.82, 2.24) is 14.5 Å². The van der Waals surface area contributed by atoms with E-state index in [2.05, 4.69) is 46.7 Å². The molecule has 4 aromatic rings. The van der Waals surface area contributed by atoms with Crippen molar-refractivity contribution in [3.8, 4) is 0 Å². The van der Waals surface area contributed by atoms with Crippen molar-refractivity contribution in [3.05, 3.63) is 65.3 Å². The third-order valence-corrected chi connectivity index (χ3v) is 6.87. The summed E-state index contributed by atoms with van der Waals surface area (Å²) in [5.74, 6) is 0.188. The highest BCUT2D eigenvalue weighted by Gasteiger charge is 2.30. The van der Waals surface area contributed by atoms with Gasteiger partial charge < -0.3 is 9.47 Å². The van der Waals surface area contributed by atoms with E-state index in [-0.39, 0.29) is 11.9 Å². The Balaban J connectivity index is 1.45. The molecule has 0 spiro atoms. The lowest BCUT2D eigenvalue weighted by molar-refractivity contribution is -0.135. The number of thiazole rings is 1. The Labute approximate surface area is 168 Å². The van der Waals surface area contributed by atoms with E-state index >= 15 is 0 Å². The van der Waals surface area contributed by atoms with Gasteiger partial charge in [0.15, 0.2) is 0 Å². The van der Waals surface area contributed by atoms with Gasteiger partial charge in [-0.05, 0) is 55.8 Å². The lowest BCUT2D eigenvalue weighted by Crippen LogP contribution is -2.40. The third-order valence-electron chi connectivity index (χ3n) is 5.73. The number of amides is 1. The van der Waals surface area contributed by atoms with E-state index in [1.807, 2.05) is 24.3 Å². The average Bonchev–Trinajstić information content (AvgIpc) is 3.29. The molecule has 1 aliphatic heterocycles. The van der Waals surface area contributed by atoms with Gasteiger partial charge in [0.2, 0.25) is 5.91 Å². The Kier molecular flexibility index (Phi) is 4.40. The number of para-hydroxylation sites is 2. The first kappa shape index (κ1) is 17.4. The Morgan fingerprint density at radius 1 is 1.14 bits per heavy atom. The first-order valence-electron chi connectivity index (χ1n) is 9.90. The Morgan fingerprint density at radius 2 is 1.96 bits per heavy atom. The standard InChI is InChI=1S/C23H23N3OS/c1-16-14-17-8-2-4-10-19(17)26(16)15-22(27)25-13-7-6-11-20(25)23-24-18-9-3-5-12-21(18)28-23/h2-5,8-10,12,14,20H,6-7,11,13,15H2,1H3/t20-/m0/s1. The van der Waals surface area contributed by atoms with Gasteiger partial charge in [0.05, 0.1) is 16.3 Å². The molecule has 0 unspecified atom stereocenters. The second-order valence-corrected chi connectivity index (χ2v) is 8.61. The van der Waals surface area contributed by atoms with Gasteiger partial charge in [-0.15, -0.1) is 11.3 Å². The Morgan fingerprint density at radius 3 is 2.86 bits per heavy atom. The number of rotatable bonds is 3. The molecule has 1 amide bonds. The van der Waals surface area contributed by atoms with Crippen LogP contribution in [0.15, 0.2) is 54.6 Å².